The fourth-order valence-corrected chi connectivity index (χ4v) is 5.06. The maximum Gasteiger partial charge on any atom is 0.264 e. The summed E-state index contributed by atoms with van der Waals surface area (Å²) >= 11 is 0. The summed E-state index contributed by atoms with van der Waals surface area (Å²) in [7, 11) is 0. The summed E-state index contributed by atoms with van der Waals surface area (Å²) < 4.78 is 22.7. The number of para-hydroxylation sites is 1. The maximum absolute atomic E-state index is 15.3. The van der Waals surface area contributed by atoms with E-state index in [-0.39, 0.29) is 23.0 Å². The largest absolute Gasteiger partial charge is 0.457 e. The van der Waals surface area contributed by atoms with Crippen molar-refractivity contribution in [2.75, 3.05) is 25.4 Å². The second kappa shape index (κ2) is 12.6. The van der Waals surface area contributed by atoms with Gasteiger partial charge in [0, 0.05) is 18.2 Å². The topological polar surface area (TPSA) is 135 Å². The molecule has 0 spiro atoms. The lowest BCUT2D eigenvalue weighted by molar-refractivity contribution is -0.127. The second-order valence-corrected chi connectivity index (χ2v) is 9.89. The normalized spacial score (nSPS) is 16.2. The Kier molecular flexibility index (Phi) is 8.50. The number of carbonyl (C=O) groups is 1. The van der Waals surface area contributed by atoms with Gasteiger partial charge in [0.1, 0.15) is 46.8 Å². The van der Waals surface area contributed by atoms with Gasteiger partial charge >= 0.3 is 0 Å². The average molecular weight is 555 g/mol. The molecule has 6 rings (SSSR count). The number of nitrogens with two attached hydrogens (primary N) is 1. The predicted molar refractivity (Wildman–Crippen MR) is 153 cm³/mol. The quantitative estimate of drug-likeness (QED) is 0.264. The van der Waals surface area contributed by atoms with Crippen molar-refractivity contribution < 1.29 is 13.9 Å². The molecular weight excluding hydrogens is 523 g/mol. The molecule has 2 saturated heterocycles. The Morgan fingerprint density at radius 1 is 1.15 bits per heavy atom. The fourth-order valence-electron chi connectivity index (χ4n) is 5.06. The van der Waals surface area contributed by atoms with E-state index in [4.69, 9.17) is 15.7 Å². The Morgan fingerprint density at radius 2 is 1.93 bits per heavy atom. The van der Waals surface area contributed by atoms with Gasteiger partial charge in [0.25, 0.3) is 5.91 Å². The number of ether oxygens (including phenoxy) is 1. The number of fused-ring (bicyclic) bond motifs is 1. The van der Waals surface area contributed by atoms with Crippen molar-refractivity contribution >= 4 is 22.8 Å². The summed E-state index contributed by atoms with van der Waals surface area (Å²) in [6.07, 6.45) is 5.61. The van der Waals surface area contributed by atoms with Crippen LogP contribution in [0.25, 0.3) is 22.3 Å². The zero-order valence-electron chi connectivity index (χ0n) is 22.6. The third-order valence-corrected chi connectivity index (χ3v) is 7.11. The molecule has 1 amide bonds. The first-order chi connectivity index (χ1) is 20.0. The second-order valence-electron chi connectivity index (χ2n) is 9.89. The van der Waals surface area contributed by atoms with E-state index in [1.807, 2.05) is 24.3 Å². The van der Waals surface area contributed by atoms with E-state index >= 15 is 4.39 Å². The Balaban J connectivity index is 0.000000610. The number of benzene rings is 2. The van der Waals surface area contributed by atoms with Crippen molar-refractivity contribution in [1.29, 1.82) is 5.26 Å². The van der Waals surface area contributed by atoms with Crippen LogP contribution in [0.5, 0.6) is 11.5 Å². The first-order valence-corrected chi connectivity index (χ1v) is 13.6. The molecular formula is C30H31FN8O2. The number of nitriles is 1. The average Bonchev–Trinajstić information content (AvgIpc) is 3.77. The van der Waals surface area contributed by atoms with Crippen molar-refractivity contribution in [3.63, 3.8) is 0 Å². The summed E-state index contributed by atoms with van der Waals surface area (Å²) in [6, 6.07) is 15.2. The van der Waals surface area contributed by atoms with E-state index in [0.717, 1.165) is 12.8 Å². The molecule has 2 aliphatic rings. The lowest BCUT2D eigenvalue weighted by Gasteiger charge is -2.24. The number of halogens is 1. The number of nitrogens with one attached hydrogen (secondary N) is 1. The number of rotatable bonds is 6. The monoisotopic (exact) mass is 554 g/mol. The lowest BCUT2D eigenvalue weighted by atomic mass is 10.1. The summed E-state index contributed by atoms with van der Waals surface area (Å²) in [4.78, 5) is 22.6. The van der Waals surface area contributed by atoms with Crippen molar-refractivity contribution in [2.24, 2.45) is 0 Å². The molecule has 0 aliphatic carbocycles. The van der Waals surface area contributed by atoms with Gasteiger partial charge in [-0.25, -0.2) is 19.0 Å². The van der Waals surface area contributed by atoms with Gasteiger partial charge in [-0.2, -0.15) is 10.4 Å². The third-order valence-electron chi connectivity index (χ3n) is 7.11. The van der Waals surface area contributed by atoms with Gasteiger partial charge in [-0.3, -0.25) is 4.79 Å². The smallest absolute Gasteiger partial charge is 0.264 e. The van der Waals surface area contributed by atoms with Crippen LogP contribution < -0.4 is 15.8 Å². The highest BCUT2D eigenvalue weighted by Crippen LogP contribution is 2.34. The minimum Gasteiger partial charge on any atom is -0.457 e. The van der Waals surface area contributed by atoms with Crippen molar-refractivity contribution in [3.05, 3.63) is 72.8 Å². The zero-order valence-corrected chi connectivity index (χ0v) is 22.6. The van der Waals surface area contributed by atoms with Crippen LogP contribution in [0.4, 0.5) is 10.2 Å². The van der Waals surface area contributed by atoms with Crippen LogP contribution in [-0.2, 0) is 11.3 Å². The molecule has 2 aromatic heterocycles. The molecule has 11 heteroatoms. The molecule has 41 heavy (non-hydrogen) atoms. The van der Waals surface area contributed by atoms with Crippen LogP contribution in [0.1, 0.15) is 25.7 Å². The van der Waals surface area contributed by atoms with Crippen molar-refractivity contribution in [1.82, 2.24) is 30.0 Å². The molecule has 2 aliphatic heterocycles. The predicted octanol–water partition coefficient (Wildman–Crippen LogP) is 4.45. The van der Waals surface area contributed by atoms with Gasteiger partial charge in [-0.05, 0) is 63.0 Å². The Hall–Kier alpha value is -4.82. The number of hydrogen-bond donors (Lipinski definition) is 2. The highest BCUT2D eigenvalue weighted by molar-refractivity contribution is 5.98. The van der Waals surface area contributed by atoms with Gasteiger partial charge in [-0.1, -0.05) is 24.8 Å². The van der Waals surface area contributed by atoms with Crippen molar-refractivity contribution in [2.45, 2.75) is 38.3 Å². The molecule has 1 atom stereocenters. The van der Waals surface area contributed by atoms with Crippen LogP contribution in [-0.4, -0.2) is 56.2 Å². The van der Waals surface area contributed by atoms with Gasteiger partial charge in [0.05, 0.1) is 18.0 Å². The van der Waals surface area contributed by atoms with Gasteiger partial charge < -0.3 is 20.7 Å². The summed E-state index contributed by atoms with van der Waals surface area (Å²) in [6.45, 7) is 6.86. The molecule has 2 aromatic carbocycles. The molecule has 0 bridgehead atoms. The fraction of sp³-hybridized carbons (Fsp3) is 0.300. The molecule has 0 saturated carbocycles. The number of hydrogen-bond acceptors (Lipinski definition) is 8. The molecule has 210 valence electrons. The Morgan fingerprint density at radius 3 is 2.61 bits per heavy atom. The van der Waals surface area contributed by atoms with Gasteiger partial charge in [0.2, 0.25) is 0 Å². The minimum absolute atomic E-state index is 0.112. The third kappa shape index (κ3) is 6.18. The zero-order chi connectivity index (χ0) is 28.8. The first-order valence-electron chi connectivity index (χ1n) is 13.6. The molecule has 0 radical (unpaired) electrons. The van der Waals surface area contributed by atoms with E-state index in [1.54, 1.807) is 33.8 Å². The molecule has 4 aromatic rings. The van der Waals surface area contributed by atoms with Crippen LogP contribution in [0.2, 0.25) is 0 Å². The van der Waals surface area contributed by atoms with Crippen LogP contribution in [0.3, 0.4) is 0 Å². The highest BCUT2D eigenvalue weighted by Gasteiger charge is 2.31. The van der Waals surface area contributed by atoms with E-state index < -0.39 is 11.7 Å². The van der Waals surface area contributed by atoms with Crippen LogP contribution >= 0.6 is 0 Å². The highest BCUT2D eigenvalue weighted by atomic mass is 19.1. The number of nitrogen functional groups attached to an aromatic ring is 1. The molecule has 4 heterocycles. The summed E-state index contributed by atoms with van der Waals surface area (Å²) in [5.41, 5.74) is 7.00. The minimum atomic E-state index is -0.541. The summed E-state index contributed by atoms with van der Waals surface area (Å²) in [5.74, 6) is 0.162. The molecule has 3 N–H and O–H groups in total. The van der Waals surface area contributed by atoms with E-state index in [0.29, 0.717) is 41.3 Å². The van der Waals surface area contributed by atoms with E-state index in [1.165, 1.54) is 38.3 Å². The number of anilines is 1. The Bertz CT molecular complexity index is 1590. The number of amides is 1. The molecule has 2 fully saturated rings. The SMILES string of the molecule is C1CCNC1.C=C(C#N)C(=O)N1CCCC1Cn1nc(-c2ccc(Oc3ccccc3)cc2F)c2c(N)ncnc21. The maximum atomic E-state index is 15.3. The van der Waals surface area contributed by atoms with Gasteiger partial charge in [-0.15, -0.1) is 0 Å². The van der Waals surface area contributed by atoms with Gasteiger partial charge in [0.15, 0.2) is 5.65 Å². The van der Waals surface area contributed by atoms with E-state index in [2.05, 4.69) is 27.0 Å². The number of likely N-dealkylation sites (tertiary alicyclic amines) is 1. The number of nitrogens with zero attached hydrogens (tertiary/aromatic N) is 6. The molecule has 10 nitrogen and oxygen atoms in total. The number of aromatic nitrogens is 4. The van der Waals surface area contributed by atoms with Crippen molar-refractivity contribution in [3.8, 4) is 28.8 Å². The van der Waals surface area contributed by atoms with E-state index in [9.17, 15) is 4.79 Å². The standard InChI is InChI=1S/C26H22FN7O2.C4H9N/c1-16(13-28)26(35)33-11-5-6-17(33)14-34-25-22(24(29)30-15-31-25)23(32-34)20-10-9-19(12-21(20)27)36-18-7-3-2-4-8-18;1-2-4-5-3-1/h2-4,7-10,12,15,17H,1,5-6,11,14H2,(H2,29,30,31);5H,1-4H2. The Labute approximate surface area is 237 Å². The first kappa shape index (κ1) is 27.7. The van der Waals surface area contributed by atoms with Crippen LogP contribution in [0, 0.1) is 17.1 Å². The lowest BCUT2D eigenvalue weighted by Crippen LogP contribution is -2.38. The van der Waals surface area contributed by atoms with Crippen LogP contribution in [0.15, 0.2) is 67.0 Å². The molecule has 1 unspecified atom stereocenters. The number of carbonyl (C=O) groups excluding carboxylic acids is 1. The summed E-state index contributed by atoms with van der Waals surface area (Å²) in [5, 5.41) is 17.4.